The maximum atomic E-state index is 5.12. The number of aromatic nitrogens is 3. The molecule has 0 spiro atoms. The van der Waals surface area contributed by atoms with Crippen LogP contribution in [0.5, 0.6) is 0 Å². The number of aliphatic imine (C=N–C) groups is 1. The van der Waals surface area contributed by atoms with Crippen molar-refractivity contribution in [2.45, 2.75) is 45.7 Å². The quantitative estimate of drug-likeness (QED) is 0.363. The number of likely N-dealkylation sites (N-methyl/N-ethyl adjacent to an activating group) is 1. The molecule has 1 aliphatic rings. The normalized spacial score (nSPS) is 18.7. The minimum atomic E-state index is 0.565. The van der Waals surface area contributed by atoms with Crippen LogP contribution in [0.4, 0.5) is 0 Å². The van der Waals surface area contributed by atoms with Crippen molar-refractivity contribution in [2.75, 3.05) is 46.4 Å². The average Bonchev–Trinajstić information content (AvgIpc) is 3.27. The summed E-state index contributed by atoms with van der Waals surface area (Å²) < 4.78 is 7.20. The highest BCUT2D eigenvalue weighted by molar-refractivity contribution is 5.79. The highest BCUT2D eigenvalue weighted by Crippen LogP contribution is 2.16. The molecule has 0 aromatic carbocycles. The molecule has 1 aromatic rings. The standard InChI is InChI=1S/C17H33N7O/c1-4-16-22-21-14-24(16)11-8-18-17(19-9-12-25-3)20-13-15-7-6-10-23(15)5-2/h14-15H,4-13H2,1-3H3,(H2,18,19,20). The summed E-state index contributed by atoms with van der Waals surface area (Å²) >= 11 is 0. The third kappa shape index (κ3) is 6.28. The van der Waals surface area contributed by atoms with Crippen LogP contribution in [0.3, 0.4) is 0 Å². The van der Waals surface area contributed by atoms with Crippen LogP contribution in [0.25, 0.3) is 0 Å². The van der Waals surface area contributed by atoms with Gasteiger partial charge in [0, 0.05) is 39.2 Å². The Kier molecular flexibility index (Phi) is 8.68. The lowest BCUT2D eigenvalue weighted by Gasteiger charge is -2.21. The summed E-state index contributed by atoms with van der Waals surface area (Å²) in [5.41, 5.74) is 0. The number of methoxy groups -OCH3 is 1. The molecule has 8 heteroatoms. The molecule has 1 aromatic heterocycles. The number of ether oxygens (including phenoxy) is 1. The zero-order valence-electron chi connectivity index (χ0n) is 15.9. The van der Waals surface area contributed by atoms with Crippen LogP contribution in [0.2, 0.25) is 0 Å². The summed E-state index contributed by atoms with van der Waals surface area (Å²) in [6.45, 7) is 10.5. The molecule has 2 rings (SSSR count). The second-order valence-corrected chi connectivity index (χ2v) is 6.25. The van der Waals surface area contributed by atoms with Gasteiger partial charge >= 0.3 is 0 Å². The third-order valence-electron chi connectivity index (χ3n) is 4.62. The number of rotatable bonds is 10. The maximum Gasteiger partial charge on any atom is 0.191 e. The fourth-order valence-corrected chi connectivity index (χ4v) is 3.19. The Morgan fingerprint density at radius 1 is 1.36 bits per heavy atom. The van der Waals surface area contributed by atoms with Gasteiger partial charge in [-0.25, -0.2) is 0 Å². The van der Waals surface area contributed by atoms with Crippen LogP contribution >= 0.6 is 0 Å². The molecule has 2 N–H and O–H groups in total. The van der Waals surface area contributed by atoms with Crippen LogP contribution < -0.4 is 10.6 Å². The number of likely N-dealkylation sites (tertiary alicyclic amines) is 1. The molecule has 8 nitrogen and oxygen atoms in total. The lowest BCUT2D eigenvalue weighted by Crippen LogP contribution is -2.41. The molecule has 0 amide bonds. The number of nitrogens with zero attached hydrogens (tertiary/aromatic N) is 5. The van der Waals surface area contributed by atoms with Gasteiger partial charge in [0.15, 0.2) is 5.96 Å². The SMILES string of the molecule is CCc1nncn1CCNC(=NCC1CCCN1CC)NCCOC. The topological polar surface area (TPSA) is 79.6 Å². The van der Waals surface area contributed by atoms with Gasteiger partial charge in [0.2, 0.25) is 0 Å². The minimum absolute atomic E-state index is 0.565. The first-order chi connectivity index (χ1) is 12.3. The zero-order chi connectivity index (χ0) is 17.9. The first-order valence-electron chi connectivity index (χ1n) is 9.40. The fraction of sp³-hybridized carbons (Fsp3) is 0.824. The number of hydrogen-bond donors (Lipinski definition) is 2. The Morgan fingerprint density at radius 2 is 2.20 bits per heavy atom. The summed E-state index contributed by atoms with van der Waals surface area (Å²) in [6.07, 6.45) is 5.19. The largest absolute Gasteiger partial charge is 0.383 e. The van der Waals surface area contributed by atoms with Crippen LogP contribution in [0, 0.1) is 0 Å². The van der Waals surface area contributed by atoms with Crippen molar-refractivity contribution in [2.24, 2.45) is 4.99 Å². The zero-order valence-corrected chi connectivity index (χ0v) is 15.9. The predicted octanol–water partition coefficient (Wildman–Crippen LogP) is 0.506. The minimum Gasteiger partial charge on any atom is -0.383 e. The van der Waals surface area contributed by atoms with Gasteiger partial charge < -0.3 is 19.9 Å². The van der Waals surface area contributed by atoms with Gasteiger partial charge in [0.1, 0.15) is 12.2 Å². The Bertz CT molecular complexity index is 517. The summed E-state index contributed by atoms with van der Waals surface area (Å²) in [6, 6.07) is 0.565. The highest BCUT2D eigenvalue weighted by Gasteiger charge is 2.22. The summed E-state index contributed by atoms with van der Waals surface area (Å²) in [4.78, 5) is 7.31. The molecule has 1 unspecified atom stereocenters. The van der Waals surface area contributed by atoms with Crippen LogP contribution in [0.15, 0.2) is 11.3 Å². The Morgan fingerprint density at radius 3 is 2.96 bits per heavy atom. The maximum absolute atomic E-state index is 5.12. The molecule has 0 saturated carbocycles. The van der Waals surface area contributed by atoms with Crippen molar-refractivity contribution >= 4 is 5.96 Å². The lowest BCUT2D eigenvalue weighted by molar-refractivity contribution is 0.203. The first kappa shape index (κ1) is 19.7. The average molecular weight is 351 g/mol. The Balaban J connectivity index is 1.84. The van der Waals surface area contributed by atoms with Gasteiger partial charge in [-0.2, -0.15) is 0 Å². The van der Waals surface area contributed by atoms with Gasteiger partial charge in [-0.3, -0.25) is 9.89 Å². The molecular weight excluding hydrogens is 318 g/mol. The van der Waals surface area contributed by atoms with E-state index < -0.39 is 0 Å². The van der Waals surface area contributed by atoms with Crippen LogP contribution in [-0.2, 0) is 17.7 Å². The van der Waals surface area contributed by atoms with Gasteiger partial charge in [0.05, 0.1) is 13.2 Å². The lowest BCUT2D eigenvalue weighted by atomic mass is 10.2. The molecule has 25 heavy (non-hydrogen) atoms. The van der Waals surface area contributed by atoms with Crippen molar-refractivity contribution < 1.29 is 4.74 Å². The fourth-order valence-electron chi connectivity index (χ4n) is 3.19. The van der Waals surface area contributed by atoms with Gasteiger partial charge in [-0.05, 0) is 25.9 Å². The van der Waals surface area contributed by atoms with Crippen molar-refractivity contribution in [1.29, 1.82) is 0 Å². The molecule has 0 bridgehead atoms. The summed E-state index contributed by atoms with van der Waals surface area (Å²) in [7, 11) is 1.71. The second kappa shape index (κ2) is 11.0. The Labute approximate surface area is 151 Å². The molecule has 142 valence electrons. The van der Waals surface area contributed by atoms with E-state index in [0.29, 0.717) is 12.6 Å². The molecule has 1 aliphatic heterocycles. The van der Waals surface area contributed by atoms with E-state index in [1.807, 2.05) is 0 Å². The predicted molar refractivity (Wildman–Crippen MR) is 99.9 cm³/mol. The van der Waals surface area contributed by atoms with E-state index in [4.69, 9.17) is 9.73 Å². The molecule has 1 saturated heterocycles. The van der Waals surface area contributed by atoms with E-state index in [2.05, 4.69) is 44.1 Å². The third-order valence-corrected chi connectivity index (χ3v) is 4.62. The van der Waals surface area contributed by atoms with Crippen molar-refractivity contribution in [1.82, 2.24) is 30.3 Å². The smallest absolute Gasteiger partial charge is 0.191 e. The monoisotopic (exact) mass is 351 g/mol. The van der Waals surface area contributed by atoms with Crippen molar-refractivity contribution in [3.63, 3.8) is 0 Å². The second-order valence-electron chi connectivity index (χ2n) is 6.25. The van der Waals surface area contributed by atoms with Crippen molar-refractivity contribution in [3.8, 4) is 0 Å². The van der Waals surface area contributed by atoms with E-state index in [0.717, 1.165) is 50.9 Å². The van der Waals surface area contributed by atoms with Crippen LogP contribution in [0.1, 0.15) is 32.5 Å². The van der Waals surface area contributed by atoms with Crippen LogP contribution in [-0.4, -0.2) is 78.1 Å². The van der Waals surface area contributed by atoms with E-state index in [9.17, 15) is 0 Å². The summed E-state index contributed by atoms with van der Waals surface area (Å²) in [5, 5.41) is 14.8. The Hall–Kier alpha value is -1.67. The van der Waals surface area contributed by atoms with E-state index in [-0.39, 0.29) is 0 Å². The van der Waals surface area contributed by atoms with E-state index in [1.165, 1.54) is 19.4 Å². The summed E-state index contributed by atoms with van der Waals surface area (Å²) in [5.74, 6) is 1.86. The molecule has 1 atom stereocenters. The first-order valence-corrected chi connectivity index (χ1v) is 9.40. The van der Waals surface area contributed by atoms with E-state index >= 15 is 0 Å². The number of hydrogen-bond acceptors (Lipinski definition) is 5. The molecule has 0 aliphatic carbocycles. The molecule has 2 heterocycles. The van der Waals surface area contributed by atoms with Gasteiger partial charge in [-0.1, -0.05) is 13.8 Å². The van der Waals surface area contributed by atoms with Gasteiger partial charge in [0.25, 0.3) is 0 Å². The molecule has 1 fully saturated rings. The highest BCUT2D eigenvalue weighted by atomic mass is 16.5. The number of guanidine groups is 1. The number of aryl methyl sites for hydroxylation is 1. The molecular formula is C17H33N7O. The molecule has 0 radical (unpaired) electrons. The van der Waals surface area contributed by atoms with Crippen molar-refractivity contribution in [3.05, 3.63) is 12.2 Å². The van der Waals surface area contributed by atoms with Gasteiger partial charge in [-0.15, -0.1) is 10.2 Å². The van der Waals surface area contributed by atoms with E-state index in [1.54, 1.807) is 13.4 Å². The number of nitrogens with one attached hydrogen (secondary N) is 2.